The third kappa shape index (κ3) is 1.77. The number of methoxy groups -OCH3 is 1. The van der Waals surface area contributed by atoms with E-state index in [1.165, 1.54) is 0 Å². The third-order valence-corrected chi connectivity index (χ3v) is 3.44. The standard InChI is InChI=1S/C11H15ClN2O2/c1-16-10-8(2-3-9(12)14-10)11(6-13)4-7(15)5-11/h2-3,7,15H,4-6,13H2,1H3. The summed E-state index contributed by atoms with van der Waals surface area (Å²) in [6.45, 7) is 0.476. The van der Waals surface area contributed by atoms with Gasteiger partial charge in [-0.15, -0.1) is 0 Å². The monoisotopic (exact) mass is 242 g/mol. The first-order chi connectivity index (χ1) is 7.61. The van der Waals surface area contributed by atoms with Gasteiger partial charge in [0.05, 0.1) is 13.2 Å². The first kappa shape index (κ1) is 11.6. The number of rotatable bonds is 3. The van der Waals surface area contributed by atoms with Crippen molar-refractivity contribution in [1.82, 2.24) is 4.98 Å². The zero-order valence-electron chi connectivity index (χ0n) is 9.11. The fraction of sp³-hybridized carbons (Fsp3) is 0.545. The Morgan fingerprint density at radius 2 is 2.31 bits per heavy atom. The number of aliphatic hydroxyl groups excluding tert-OH is 1. The van der Waals surface area contributed by atoms with Gasteiger partial charge in [0.15, 0.2) is 0 Å². The molecule has 1 fully saturated rings. The minimum absolute atomic E-state index is 0.206. The van der Waals surface area contributed by atoms with Gasteiger partial charge in [0.25, 0.3) is 0 Å². The second kappa shape index (κ2) is 4.20. The molecule has 88 valence electrons. The summed E-state index contributed by atoms with van der Waals surface area (Å²) in [5.41, 5.74) is 6.53. The van der Waals surface area contributed by atoms with Gasteiger partial charge in [-0.2, -0.15) is 0 Å². The van der Waals surface area contributed by atoms with Crippen molar-refractivity contribution >= 4 is 11.6 Å². The molecule has 4 nitrogen and oxygen atoms in total. The van der Waals surface area contributed by atoms with Crippen LogP contribution in [0.5, 0.6) is 5.88 Å². The summed E-state index contributed by atoms with van der Waals surface area (Å²) in [5.74, 6) is 0.504. The van der Waals surface area contributed by atoms with E-state index in [4.69, 9.17) is 22.1 Å². The lowest BCUT2D eigenvalue weighted by Crippen LogP contribution is -2.50. The van der Waals surface area contributed by atoms with Crippen LogP contribution in [0.25, 0.3) is 0 Å². The Morgan fingerprint density at radius 1 is 1.62 bits per heavy atom. The topological polar surface area (TPSA) is 68.4 Å². The molecule has 0 radical (unpaired) electrons. The zero-order chi connectivity index (χ0) is 11.8. The lowest BCUT2D eigenvalue weighted by molar-refractivity contribution is 0.0208. The van der Waals surface area contributed by atoms with E-state index in [1.807, 2.05) is 6.07 Å². The number of aromatic nitrogens is 1. The SMILES string of the molecule is COc1nc(Cl)ccc1C1(CN)CC(O)C1. The van der Waals surface area contributed by atoms with Gasteiger partial charge < -0.3 is 15.6 Å². The highest BCUT2D eigenvalue weighted by atomic mass is 35.5. The van der Waals surface area contributed by atoms with E-state index >= 15 is 0 Å². The molecule has 0 atom stereocenters. The predicted molar refractivity (Wildman–Crippen MR) is 61.8 cm³/mol. The molecule has 0 amide bonds. The zero-order valence-corrected chi connectivity index (χ0v) is 9.87. The van der Waals surface area contributed by atoms with Crippen LogP contribution in [0.2, 0.25) is 5.15 Å². The molecule has 2 rings (SSSR count). The Labute approximate surface area is 99.4 Å². The maximum absolute atomic E-state index is 9.45. The van der Waals surface area contributed by atoms with Crippen LogP contribution in [0, 0.1) is 0 Å². The number of pyridine rings is 1. The van der Waals surface area contributed by atoms with Crippen LogP contribution in [0.1, 0.15) is 18.4 Å². The maximum Gasteiger partial charge on any atom is 0.218 e. The normalized spacial score (nSPS) is 28.6. The Hall–Kier alpha value is -0.840. The summed E-state index contributed by atoms with van der Waals surface area (Å²) in [6.07, 6.45) is 1.04. The number of nitrogens with two attached hydrogens (primary N) is 1. The van der Waals surface area contributed by atoms with Gasteiger partial charge in [-0.25, -0.2) is 4.98 Å². The summed E-state index contributed by atoms with van der Waals surface area (Å²) < 4.78 is 5.21. The number of hydrogen-bond acceptors (Lipinski definition) is 4. The lowest BCUT2D eigenvalue weighted by atomic mass is 9.63. The summed E-state index contributed by atoms with van der Waals surface area (Å²) in [6, 6.07) is 3.61. The molecule has 16 heavy (non-hydrogen) atoms. The van der Waals surface area contributed by atoms with Crippen molar-refractivity contribution in [1.29, 1.82) is 0 Å². The van der Waals surface area contributed by atoms with Crippen molar-refractivity contribution in [3.63, 3.8) is 0 Å². The van der Waals surface area contributed by atoms with Crippen LogP contribution >= 0.6 is 11.6 Å². The average Bonchev–Trinajstić information content (AvgIpc) is 2.24. The predicted octanol–water partition coefficient (Wildman–Crippen LogP) is 1.09. The van der Waals surface area contributed by atoms with Crippen LogP contribution in [0.15, 0.2) is 12.1 Å². The molecule has 0 aromatic carbocycles. The van der Waals surface area contributed by atoms with Gasteiger partial charge in [-0.3, -0.25) is 0 Å². The third-order valence-electron chi connectivity index (χ3n) is 3.23. The average molecular weight is 243 g/mol. The fourth-order valence-corrected chi connectivity index (χ4v) is 2.46. The van der Waals surface area contributed by atoms with Crippen LogP contribution in [0.3, 0.4) is 0 Å². The van der Waals surface area contributed by atoms with Gasteiger partial charge in [0, 0.05) is 17.5 Å². The van der Waals surface area contributed by atoms with Crippen molar-refractivity contribution in [3.05, 3.63) is 22.8 Å². The highest BCUT2D eigenvalue weighted by Crippen LogP contribution is 2.46. The molecule has 1 heterocycles. The molecule has 0 bridgehead atoms. The highest BCUT2D eigenvalue weighted by molar-refractivity contribution is 6.29. The van der Waals surface area contributed by atoms with Crippen LogP contribution in [0.4, 0.5) is 0 Å². The summed E-state index contributed by atoms with van der Waals surface area (Å²) in [5, 5.41) is 9.85. The van der Waals surface area contributed by atoms with Gasteiger partial charge in [0.2, 0.25) is 5.88 Å². The van der Waals surface area contributed by atoms with Crippen molar-refractivity contribution in [3.8, 4) is 5.88 Å². The molecule has 5 heteroatoms. The molecule has 1 aliphatic rings. The number of ether oxygens (including phenoxy) is 1. The van der Waals surface area contributed by atoms with E-state index in [-0.39, 0.29) is 11.5 Å². The molecular formula is C11H15ClN2O2. The first-order valence-corrected chi connectivity index (χ1v) is 5.58. The molecule has 1 aromatic heterocycles. The smallest absolute Gasteiger partial charge is 0.218 e. The summed E-state index contributed by atoms with van der Waals surface area (Å²) in [4.78, 5) is 4.12. The lowest BCUT2D eigenvalue weighted by Gasteiger charge is -2.45. The van der Waals surface area contributed by atoms with Crippen molar-refractivity contribution in [2.24, 2.45) is 5.73 Å². The Morgan fingerprint density at radius 3 is 2.81 bits per heavy atom. The molecule has 0 saturated heterocycles. The minimum Gasteiger partial charge on any atom is -0.481 e. The number of aliphatic hydroxyl groups is 1. The van der Waals surface area contributed by atoms with Crippen molar-refractivity contribution < 1.29 is 9.84 Å². The van der Waals surface area contributed by atoms with Gasteiger partial charge in [-0.05, 0) is 25.0 Å². The molecule has 3 N–H and O–H groups in total. The van der Waals surface area contributed by atoms with E-state index < -0.39 is 0 Å². The maximum atomic E-state index is 9.45. The highest BCUT2D eigenvalue weighted by Gasteiger charge is 2.45. The molecule has 0 spiro atoms. The van der Waals surface area contributed by atoms with E-state index in [2.05, 4.69) is 4.98 Å². The number of nitrogens with zero attached hydrogens (tertiary/aromatic N) is 1. The molecule has 0 unspecified atom stereocenters. The Kier molecular flexibility index (Phi) is 3.06. The molecule has 0 aliphatic heterocycles. The number of halogens is 1. The molecule has 1 aliphatic carbocycles. The molecular weight excluding hydrogens is 228 g/mol. The van der Waals surface area contributed by atoms with Gasteiger partial charge >= 0.3 is 0 Å². The second-order valence-corrected chi connectivity index (χ2v) is 4.62. The van der Waals surface area contributed by atoms with Crippen LogP contribution in [-0.2, 0) is 5.41 Å². The Bertz CT molecular complexity index is 392. The van der Waals surface area contributed by atoms with Crippen molar-refractivity contribution in [2.45, 2.75) is 24.4 Å². The number of hydrogen-bond donors (Lipinski definition) is 2. The van der Waals surface area contributed by atoms with E-state index in [1.54, 1.807) is 13.2 Å². The van der Waals surface area contributed by atoms with Crippen molar-refractivity contribution in [2.75, 3.05) is 13.7 Å². The largest absolute Gasteiger partial charge is 0.481 e. The Balaban J connectivity index is 2.39. The van der Waals surface area contributed by atoms with Crippen LogP contribution in [-0.4, -0.2) is 29.8 Å². The van der Waals surface area contributed by atoms with Crippen LogP contribution < -0.4 is 10.5 Å². The van der Waals surface area contributed by atoms with E-state index in [9.17, 15) is 5.11 Å². The quantitative estimate of drug-likeness (QED) is 0.779. The molecule has 1 aromatic rings. The summed E-state index contributed by atoms with van der Waals surface area (Å²) in [7, 11) is 1.56. The second-order valence-electron chi connectivity index (χ2n) is 4.24. The summed E-state index contributed by atoms with van der Waals surface area (Å²) >= 11 is 5.81. The first-order valence-electron chi connectivity index (χ1n) is 5.20. The van der Waals surface area contributed by atoms with Gasteiger partial charge in [-0.1, -0.05) is 11.6 Å². The van der Waals surface area contributed by atoms with E-state index in [0.29, 0.717) is 30.4 Å². The minimum atomic E-state index is -0.274. The molecule has 1 saturated carbocycles. The fourth-order valence-electron chi connectivity index (χ4n) is 2.32. The van der Waals surface area contributed by atoms with Gasteiger partial charge in [0.1, 0.15) is 5.15 Å². The van der Waals surface area contributed by atoms with E-state index in [0.717, 1.165) is 5.56 Å².